The van der Waals surface area contributed by atoms with E-state index in [2.05, 4.69) is 40.7 Å². The Morgan fingerprint density at radius 2 is 1.90 bits per heavy atom. The molecule has 3 aromatic rings. The van der Waals surface area contributed by atoms with Gasteiger partial charge in [0.05, 0.1) is 6.04 Å². The summed E-state index contributed by atoms with van der Waals surface area (Å²) in [6.07, 6.45) is 1.70. The van der Waals surface area contributed by atoms with E-state index in [1.165, 1.54) is 16.2 Å². The fraction of sp³-hybridized carbons (Fsp3) is 0.364. The van der Waals surface area contributed by atoms with Crippen molar-refractivity contribution in [2.75, 3.05) is 5.32 Å². The normalized spacial score (nSPS) is 12.0. The highest BCUT2D eigenvalue weighted by atomic mass is 32.1. The SMILES string of the molecule is Cc1ccccc1NC(=O)c1nnc(CCCC(=O)N[C@H](c2cccs2)C(C)C)s1. The number of carbonyl (C=O) groups is 2. The van der Waals surface area contributed by atoms with E-state index < -0.39 is 0 Å². The topological polar surface area (TPSA) is 84.0 Å². The molecule has 30 heavy (non-hydrogen) atoms. The number of thiophene rings is 1. The first kappa shape index (κ1) is 22.1. The monoisotopic (exact) mass is 442 g/mol. The molecule has 158 valence electrons. The summed E-state index contributed by atoms with van der Waals surface area (Å²) in [6, 6.07) is 11.7. The molecule has 0 saturated heterocycles. The van der Waals surface area contributed by atoms with Crippen molar-refractivity contribution in [3.8, 4) is 0 Å². The van der Waals surface area contributed by atoms with Gasteiger partial charge in [0, 0.05) is 23.4 Å². The van der Waals surface area contributed by atoms with Crippen LogP contribution in [0, 0.1) is 12.8 Å². The second-order valence-electron chi connectivity index (χ2n) is 7.43. The number of hydrogen-bond donors (Lipinski definition) is 2. The Hall–Kier alpha value is -2.58. The second-order valence-corrected chi connectivity index (χ2v) is 9.47. The third kappa shape index (κ3) is 5.96. The van der Waals surface area contributed by atoms with Crippen LogP contribution in [0.15, 0.2) is 41.8 Å². The van der Waals surface area contributed by atoms with Gasteiger partial charge in [-0.1, -0.05) is 49.4 Å². The molecular weight excluding hydrogens is 416 g/mol. The molecule has 0 aliphatic heterocycles. The van der Waals surface area contributed by atoms with Gasteiger partial charge >= 0.3 is 0 Å². The number of hydrogen-bond acceptors (Lipinski definition) is 6. The lowest BCUT2D eigenvalue weighted by atomic mass is 10.0. The van der Waals surface area contributed by atoms with Crippen LogP contribution in [0.4, 0.5) is 5.69 Å². The van der Waals surface area contributed by atoms with Crippen molar-refractivity contribution < 1.29 is 9.59 Å². The summed E-state index contributed by atoms with van der Waals surface area (Å²) < 4.78 is 0. The predicted octanol–water partition coefficient (Wildman–Crippen LogP) is 5.00. The van der Waals surface area contributed by atoms with Crippen molar-refractivity contribution in [2.45, 2.75) is 46.1 Å². The van der Waals surface area contributed by atoms with E-state index in [-0.39, 0.29) is 17.9 Å². The Morgan fingerprint density at radius 3 is 2.60 bits per heavy atom. The van der Waals surface area contributed by atoms with Crippen LogP contribution in [0.5, 0.6) is 0 Å². The molecule has 0 fully saturated rings. The molecule has 0 radical (unpaired) electrons. The van der Waals surface area contributed by atoms with Gasteiger partial charge in [0.25, 0.3) is 5.91 Å². The number of rotatable bonds is 9. The highest BCUT2D eigenvalue weighted by molar-refractivity contribution is 7.13. The maximum Gasteiger partial charge on any atom is 0.286 e. The summed E-state index contributed by atoms with van der Waals surface area (Å²) in [6.45, 7) is 6.15. The Balaban J connectivity index is 1.47. The molecule has 2 heterocycles. The lowest BCUT2D eigenvalue weighted by molar-refractivity contribution is -0.122. The van der Waals surface area contributed by atoms with E-state index in [1.54, 1.807) is 11.3 Å². The fourth-order valence-corrected chi connectivity index (χ4v) is 4.74. The van der Waals surface area contributed by atoms with Crippen molar-refractivity contribution in [3.63, 3.8) is 0 Å². The number of aryl methyl sites for hydroxylation is 2. The molecule has 1 aromatic carbocycles. The van der Waals surface area contributed by atoms with Crippen LogP contribution in [0.1, 0.15) is 58.0 Å². The maximum absolute atomic E-state index is 12.4. The molecule has 0 bridgehead atoms. The average molecular weight is 443 g/mol. The zero-order valence-electron chi connectivity index (χ0n) is 17.3. The predicted molar refractivity (Wildman–Crippen MR) is 122 cm³/mol. The number of para-hydroxylation sites is 1. The van der Waals surface area contributed by atoms with E-state index in [0.29, 0.717) is 30.2 Å². The number of benzene rings is 1. The van der Waals surface area contributed by atoms with Gasteiger partial charge in [0.2, 0.25) is 10.9 Å². The van der Waals surface area contributed by atoms with Gasteiger partial charge in [-0.05, 0) is 42.3 Å². The largest absolute Gasteiger partial charge is 0.348 e. The van der Waals surface area contributed by atoms with Crippen molar-refractivity contribution in [3.05, 3.63) is 62.2 Å². The van der Waals surface area contributed by atoms with Crippen molar-refractivity contribution in [1.82, 2.24) is 15.5 Å². The Bertz CT molecular complexity index is 983. The first-order valence-electron chi connectivity index (χ1n) is 9.96. The van der Waals surface area contributed by atoms with Crippen molar-refractivity contribution in [2.24, 2.45) is 5.92 Å². The minimum absolute atomic E-state index is 0.0316. The van der Waals surface area contributed by atoms with Crippen LogP contribution < -0.4 is 10.6 Å². The molecule has 0 saturated carbocycles. The summed E-state index contributed by atoms with van der Waals surface area (Å²) in [7, 11) is 0. The highest BCUT2D eigenvalue weighted by Gasteiger charge is 2.19. The number of aromatic nitrogens is 2. The molecule has 0 aliphatic rings. The molecule has 0 unspecified atom stereocenters. The fourth-order valence-electron chi connectivity index (χ4n) is 3.02. The Labute approximate surface area is 184 Å². The van der Waals surface area contributed by atoms with Crippen molar-refractivity contribution >= 4 is 40.2 Å². The van der Waals surface area contributed by atoms with E-state index in [1.807, 2.05) is 42.6 Å². The summed E-state index contributed by atoms with van der Waals surface area (Å²) in [5.41, 5.74) is 1.75. The van der Waals surface area contributed by atoms with Gasteiger partial charge in [-0.15, -0.1) is 21.5 Å². The van der Waals surface area contributed by atoms with Gasteiger partial charge in [-0.3, -0.25) is 9.59 Å². The molecule has 2 aromatic heterocycles. The minimum Gasteiger partial charge on any atom is -0.348 e. The molecule has 0 aliphatic carbocycles. The lowest BCUT2D eigenvalue weighted by Gasteiger charge is -2.21. The van der Waals surface area contributed by atoms with Gasteiger partial charge in [-0.25, -0.2) is 0 Å². The highest BCUT2D eigenvalue weighted by Crippen LogP contribution is 2.26. The molecule has 2 N–H and O–H groups in total. The first-order valence-corrected chi connectivity index (χ1v) is 11.7. The first-order chi connectivity index (χ1) is 14.4. The minimum atomic E-state index is -0.262. The lowest BCUT2D eigenvalue weighted by Crippen LogP contribution is -2.31. The van der Waals surface area contributed by atoms with Gasteiger partial charge in [0.1, 0.15) is 5.01 Å². The molecule has 3 rings (SSSR count). The van der Waals surface area contributed by atoms with E-state index >= 15 is 0 Å². The van der Waals surface area contributed by atoms with Crippen LogP contribution in [-0.4, -0.2) is 22.0 Å². The zero-order chi connectivity index (χ0) is 21.5. The molecule has 8 heteroatoms. The quantitative estimate of drug-likeness (QED) is 0.489. The Morgan fingerprint density at radius 1 is 1.10 bits per heavy atom. The van der Waals surface area contributed by atoms with Crippen LogP contribution in [-0.2, 0) is 11.2 Å². The summed E-state index contributed by atoms with van der Waals surface area (Å²) in [5, 5.41) is 17.2. The van der Waals surface area contributed by atoms with E-state index in [0.717, 1.165) is 16.3 Å². The van der Waals surface area contributed by atoms with Gasteiger partial charge in [-0.2, -0.15) is 0 Å². The van der Waals surface area contributed by atoms with Crippen LogP contribution >= 0.6 is 22.7 Å². The van der Waals surface area contributed by atoms with Crippen molar-refractivity contribution in [1.29, 1.82) is 0 Å². The standard InChI is InChI=1S/C22H26N4O2S2/c1-14(2)20(17-10-7-13-29-17)24-18(27)11-6-12-19-25-26-22(30-19)21(28)23-16-9-5-4-8-15(16)3/h4-5,7-10,13-14,20H,6,11-12H2,1-3H3,(H,23,28)(H,24,27)/t20-/m0/s1. The summed E-state index contributed by atoms with van der Waals surface area (Å²) in [5.74, 6) is 0.0933. The number of amides is 2. The molecule has 0 spiro atoms. The summed E-state index contributed by atoms with van der Waals surface area (Å²) >= 11 is 2.93. The number of carbonyl (C=O) groups excluding carboxylic acids is 2. The molecular formula is C22H26N4O2S2. The maximum atomic E-state index is 12.4. The third-order valence-corrected chi connectivity index (χ3v) is 6.62. The molecule has 1 atom stereocenters. The smallest absolute Gasteiger partial charge is 0.286 e. The number of anilines is 1. The van der Waals surface area contributed by atoms with Crippen LogP contribution in [0.2, 0.25) is 0 Å². The Kier molecular flexibility index (Phi) is 7.70. The van der Waals surface area contributed by atoms with Gasteiger partial charge in [0.15, 0.2) is 0 Å². The van der Waals surface area contributed by atoms with Gasteiger partial charge < -0.3 is 10.6 Å². The second kappa shape index (κ2) is 10.4. The molecule has 6 nitrogen and oxygen atoms in total. The van der Waals surface area contributed by atoms with Crippen LogP contribution in [0.25, 0.3) is 0 Å². The van der Waals surface area contributed by atoms with Crippen LogP contribution in [0.3, 0.4) is 0 Å². The van der Waals surface area contributed by atoms with E-state index in [4.69, 9.17) is 0 Å². The zero-order valence-corrected chi connectivity index (χ0v) is 19.0. The number of nitrogens with one attached hydrogen (secondary N) is 2. The van der Waals surface area contributed by atoms with E-state index in [9.17, 15) is 9.59 Å². The average Bonchev–Trinajstić information content (AvgIpc) is 3.40. The number of nitrogens with zero attached hydrogens (tertiary/aromatic N) is 2. The summed E-state index contributed by atoms with van der Waals surface area (Å²) in [4.78, 5) is 26.0. The molecule has 2 amide bonds. The third-order valence-electron chi connectivity index (χ3n) is 4.68.